The van der Waals surface area contributed by atoms with Crippen molar-refractivity contribution in [3.05, 3.63) is 0 Å². The van der Waals surface area contributed by atoms with Gasteiger partial charge in [0.1, 0.15) is 5.75 Å². The molecule has 0 spiro atoms. The number of amides is 1. The van der Waals surface area contributed by atoms with Gasteiger partial charge in [-0.1, -0.05) is 0 Å². The topological polar surface area (TPSA) is 84.5 Å². The number of ether oxygens (including phenoxy) is 1. The maximum atomic E-state index is 11.9. The average molecular weight is 280 g/mol. The molecule has 2 N–H and O–H groups in total. The highest BCUT2D eigenvalue weighted by Crippen LogP contribution is 2.01. The molecule has 0 heterocycles. The molecule has 0 aromatic carbocycles. The van der Waals surface area contributed by atoms with Crippen LogP contribution in [0, 0.1) is 0 Å². The maximum Gasteiger partial charge on any atom is 0.235 e. The Labute approximate surface area is 109 Å². The summed E-state index contributed by atoms with van der Waals surface area (Å²) in [6.45, 7) is 6.62. The van der Waals surface area contributed by atoms with E-state index in [1.807, 2.05) is 0 Å². The van der Waals surface area contributed by atoms with Crippen LogP contribution in [-0.2, 0) is 19.4 Å². The van der Waals surface area contributed by atoms with E-state index in [1.165, 1.54) is 0 Å². The molecule has 0 rings (SSSR count). The van der Waals surface area contributed by atoms with Crippen LogP contribution < -0.4 is 10.6 Å². The summed E-state index contributed by atoms with van der Waals surface area (Å²) in [5, 5.41) is 4.95. The zero-order chi connectivity index (χ0) is 14.2. The van der Waals surface area contributed by atoms with Crippen LogP contribution in [0.3, 0.4) is 0 Å². The second-order valence-corrected chi connectivity index (χ2v) is 6.96. The largest absolute Gasteiger partial charge is 0.383 e. The minimum absolute atomic E-state index is 0.0529. The van der Waals surface area contributed by atoms with Gasteiger partial charge in [0.05, 0.1) is 11.9 Å². The summed E-state index contributed by atoms with van der Waals surface area (Å²) in [6, 6.07) is -0.0529. The van der Waals surface area contributed by atoms with Crippen molar-refractivity contribution in [3.63, 3.8) is 0 Å². The Morgan fingerprint density at radius 3 is 2.39 bits per heavy atom. The zero-order valence-electron chi connectivity index (χ0n) is 11.5. The highest BCUT2D eigenvalue weighted by molar-refractivity contribution is 7.92. The van der Waals surface area contributed by atoms with E-state index in [-0.39, 0.29) is 6.04 Å². The first-order valence-corrected chi connectivity index (χ1v) is 7.71. The lowest BCUT2D eigenvalue weighted by molar-refractivity contribution is -0.119. The van der Waals surface area contributed by atoms with Crippen molar-refractivity contribution in [3.8, 4) is 0 Å². The highest BCUT2D eigenvalue weighted by atomic mass is 32.2. The molecule has 108 valence electrons. The normalized spacial score (nSPS) is 13.6. The predicted octanol–water partition coefficient (Wildman–Crippen LogP) is -0.450. The molecule has 7 heteroatoms. The third-order valence-electron chi connectivity index (χ3n) is 2.31. The van der Waals surface area contributed by atoms with Gasteiger partial charge in [0.25, 0.3) is 0 Å². The highest BCUT2D eigenvalue weighted by Gasteiger charge is 2.24. The lowest BCUT2D eigenvalue weighted by Crippen LogP contribution is -2.40. The molecule has 0 aliphatic carbocycles. The lowest BCUT2D eigenvalue weighted by Gasteiger charge is -2.14. The monoisotopic (exact) mass is 280 g/mol. The molecular formula is C11H24N2O4S. The van der Waals surface area contributed by atoms with Gasteiger partial charge in [-0.2, -0.15) is 0 Å². The van der Waals surface area contributed by atoms with E-state index >= 15 is 0 Å². The molecule has 1 atom stereocenters. The quantitative estimate of drug-likeness (QED) is 0.559. The number of carbonyl (C=O) groups excluding carboxylic acids is 1. The van der Waals surface area contributed by atoms with Crippen molar-refractivity contribution >= 4 is 15.7 Å². The summed E-state index contributed by atoms with van der Waals surface area (Å²) in [7, 11) is -1.83. The summed E-state index contributed by atoms with van der Waals surface area (Å²) in [5.41, 5.74) is 0. The fraction of sp³-hybridized carbons (Fsp3) is 0.909. The van der Waals surface area contributed by atoms with E-state index in [4.69, 9.17) is 4.74 Å². The van der Waals surface area contributed by atoms with E-state index in [1.54, 1.807) is 27.9 Å². The molecule has 0 aromatic heterocycles. The maximum absolute atomic E-state index is 11.9. The smallest absolute Gasteiger partial charge is 0.235 e. The van der Waals surface area contributed by atoms with Gasteiger partial charge in [0, 0.05) is 26.2 Å². The van der Waals surface area contributed by atoms with Crippen LogP contribution in [0.5, 0.6) is 0 Å². The minimum Gasteiger partial charge on any atom is -0.383 e. The predicted molar refractivity (Wildman–Crippen MR) is 71.3 cm³/mol. The van der Waals surface area contributed by atoms with Crippen LogP contribution in [0.2, 0.25) is 0 Å². The van der Waals surface area contributed by atoms with E-state index < -0.39 is 26.7 Å². The molecule has 0 bridgehead atoms. The first kappa shape index (κ1) is 17.3. The number of nitrogens with one attached hydrogen (secondary N) is 2. The first-order valence-electron chi connectivity index (χ1n) is 6.00. The summed E-state index contributed by atoms with van der Waals surface area (Å²) >= 11 is 0. The minimum atomic E-state index is -3.41. The van der Waals surface area contributed by atoms with Gasteiger partial charge < -0.3 is 15.4 Å². The summed E-state index contributed by atoms with van der Waals surface area (Å²) < 4.78 is 28.5. The van der Waals surface area contributed by atoms with Gasteiger partial charge >= 0.3 is 0 Å². The van der Waals surface area contributed by atoms with Gasteiger partial charge in [-0.3, -0.25) is 4.79 Å². The van der Waals surface area contributed by atoms with Gasteiger partial charge in [-0.25, -0.2) is 8.42 Å². The van der Waals surface area contributed by atoms with Crippen molar-refractivity contribution in [2.45, 2.75) is 32.1 Å². The fourth-order valence-electron chi connectivity index (χ4n) is 1.30. The Morgan fingerprint density at radius 2 is 1.89 bits per heavy atom. The third-order valence-corrected chi connectivity index (χ3v) is 4.37. The van der Waals surface area contributed by atoms with Crippen LogP contribution in [-0.4, -0.2) is 58.2 Å². The average Bonchev–Trinajstić information content (AvgIpc) is 2.21. The number of hydrogen-bond donors (Lipinski definition) is 2. The summed E-state index contributed by atoms with van der Waals surface area (Å²) in [4.78, 5) is 11.4. The molecule has 1 unspecified atom stereocenters. The first-order chi connectivity index (χ1) is 8.29. The molecule has 0 aliphatic heterocycles. The SMILES string of the molecule is COCCNCC(C)S(=O)(=O)CC(=O)NC(C)C. The Bertz CT molecular complexity index is 341. The van der Waals surface area contributed by atoms with Crippen LogP contribution in [0.25, 0.3) is 0 Å². The van der Waals surface area contributed by atoms with Gasteiger partial charge in [-0.15, -0.1) is 0 Å². The van der Waals surface area contributed by atoms with Crippen LogP contribution >= 0.6 is 0 Å². The molecule has 0 aliphatic rings. The summed E-state index contributed by atoms with van der Waals surface area (Å²) in [6.07, 6.45) is 0. The van der Waals surface area contributed by atoms with Crippen LogP contribution in [0.15, 0.2) is 0 Å². The number of hydrogen-bond acceptors (Lipinski definition) is 5. The molecular weight excluding hydrogens is 256 g/mol. The van der Waals surface area contributed by atoms with Gasteiger partial charge in [0.15, 0.2) is 9.84 Å². The zero-order valence-corrected chi connectivity index (χ0v) is 12.3. The molecule has 1 amide bonds. The molecule has 0 saturated carbocycles. The number of carbonyl (C=O) groups is 1. The van der Waals surface area contributed by atoms with E-state index in [9.17, 15) is 13.2 Å². The van der Waals surface area contributed by atoms with Crippen molar-refractivity contribution in [2.75, 3.05) is 32.6 Å². The third kappa shape index (κ3) is 7.62. The fourth-order valence-corrected chi connectivity index (χ4v) is 2.40. The molecule has 6 nitrogen and oxygen atoms in total. The number of sulfone groups is 1. The van der Waals surface area contributed by atoms with E-state index in [2.05, 4.69) is 10.6 Å². The van der Waals surface area contributed by atoms with E-state index in [0.717, 1.165) is 0 Å². The van der Waals surface area contributed by atoms with Crippen molar-refractivity contribution < 1.29 is 17.9 Å². The van der Waals surface area contributed by atoms with Gasteiger partial charge in [0.2, 0.25) is 5.91 Å². The molecule has 0 saturated heterocycles. The second kappa shape index (κ2) is 8.44. The van der Waals surface area contributed by atoms with Crippen LogP contribution in [0.1, 0.15) is 20.8 Å². The lowest BCUT2D eigenvalue weighted by atomic mass is 10.4. The Morgan fingerprint density at radius 1 is 1.28 bits per heavy atom. The van der Waals surface area contributed by atoms with Crippen molar-refractivity contribution in [1.82, 2.24) is 10.6 Å². The second-order valence-electron chi connectivity index (χ2n) is 4.54. The summed E-state index contributed by atoms with van der Waals surface area (Å²) in [5.74, 6) is -0.910. The van der Waals surface area contributed by atoms with E-state index in [0.29, 0.717) is 19.7 Å². The number of rotatable bonds is 9. The Balaban J connectivity index is 4.15. The van der Waals surface area contributed by atoms with Gasteiger partial charge in [-0.05, 0) is 20.8 Å². The molecule has 18 heavy (non-hydrogen) atoms. The Kier molecular flexibility index (Phi) is 8.13. The van der Waals surface area contributed by atoms with Crippen molar-refractivity contribution in [1.29, 1.82) is 0 Å². The standard InChI is InChI=1S/C11H24N2O4S/c1-9(2)13-11(14)8-18(15,16)10(3)7-12-5-6-17-4/h9-10,12H,5-8H2,1-4H3,(H,13,14). The molecule has 0 fully saturated rings. The number of methoxy groups -OCH3 is 1. The molecule has 0 radical (unpaired) electrons. The molecule has 0 aromatic rings. The Hall–Kier alpha value is -0.660. The van der Waals surface area contributed by atoms with Crippen molar-refractivity contribution in [2.24, 2.45) is 0 Å². The van der Waals surface area contributed by atoms with Crippen LogP contribution in [0.4, 0.5) is 0 Å².